The van der Waals surface area contributed by atoms with Gasteiger partial charge in [-0.05, 0) is 66.4 Å². The van der Waals surface area contributed by atoms with E-state index in [2.05, 4.69) is 20.9 Å². The van der Waals surface area contributed by atoms with E-state index in [4.69, 9.17) is 5.73 Å². The van der Waals surface area contributed by atoms with E-state index in [-0.39, 0.29) is 18.4 Å². The van der Waals surface area contributed by atoms with Crippen molar-refractivity contribution in [2.24, 2.45) is 11.7 Å². The molecule has 1 aliphatic rings. The molecular formula is C24H23N5O3. The third-order valence-electron chi connectivity index (χ3n) is 4.97. The second-order valence-corrected chi connectivity index (χ2v) is 7.63. The molecule has 4 rings (SSSR count). The Bertz CT molecular complexity index is 1160. The Labute approximate surface area is 185 Å². The van der Waals surface area contributed by atoms with Gasteiger partial charge in [-0.2, -0.15) is 0 Å². The number of nitrogens with one attached hydrogen (secondary N) is 3. The molecule has 0 saturated heterocycles. The van der Waals surface area contributed by atoms with Gasteiger partial charge >= 0.3 is 0 Å². The van der Waals surface area contributed by atoms with Crippen LogP contribution in [0, 0.1) is 5.92 Å². The van der Waals surface area contributed by atoms with Crippen molar-refractivity contribution in [2.45, 2.75) is 12.8 Å². The van der Waals surface area contributed by atoms with Crippen LogP contribution in [-0.4, -0.2) is 29.3 Å². The number of amides is 3. The van der Waals surface area contributed by atoms with E-state index in [0.717, 1.165) is 29.7 Å². The zero-order valence-electron chi connectivity index (χ0n) is 17.3. The first kappa shape index (κ1) is 21.0. The fourth-order valence-corrected chi connectivity index (χ4v) is 3.21. The summed E-state index contributed by atoms with van der Waals surface area (Å²) in [5.41, 5.74) is 8.60. The lowest BCUT2D eigenvalue weighted by Crippen LogP contribution is -2.33. The number of aromatic nitrogens is 1. The molecule has 1 aliphatic carbocycles. The van der Waals surface area contributed by atoms with Crippen molar-refractivity contribution in [3.8, 4) is 11.1 Å². The van der Waals surface area contributed by atoms with Crippen molar-refractivity contribution in [2.75, 3.05) is 17.2 Å². The van der Waals surface area contributed by atoms with E-state index in [1.165, 1.54) is 0 Å². The van der Waals surface area contributed by atoms with Crippen LogP contribution < -0.4 is 21.7 Å². The summed E-state index contributed by atoms with van der Waals surface area (Å²) in [6.45, 7) is -0.253. The Morgan fingerprint density at radius 2 is 1.72 bits per heavy atom. The lowest BCUT2D eigenvalue weighted by molar-refractivity contribution is -0.118. The second kappa shape index (κ2) is 9.30. The van der Waals surface area contributed by atoms with Crippen LogP contribution in [0.15, 0.2) is 66.9 Å². The van der Waals surface area contributed by atoms with E-state index >= 15 is 0 Å². The molecule has 0 atom stereocenters. The highest BCUT2D eigenvalue weighted by Crippen LogP contribution is 2.31. The number of primary amides is 1. The van der Waals surface area contributed by atoms with E-state index < -0.39 is 11.8 Å². The van der Waals surface area contributed by atoms with Gasteiger partial charge in [-0.1, -0.05) is 18.2 Å². The van der Waals surface area contributed by atoms with Crippen molar-refractivity contribution < 1.29 is 14.4 Å². The average molecular weight is 429 g/mol. The highest BCUT2D eigenvalue weighted by Gasteiger charge is 2.29. The molecule has 8 heteroatoms. The van der Waals surface area contributed by atoms with Gasteiger partial charge in [0.25, 0.3) is 5.91 Å². The lowest BCUT2D eigenvalue weighted by atomic mass is 10.0. The predicted octanol–water partition coefficient (Wildman–Crippen LogP) is 3.06. The minimum Gasteiger partial charge on any atom is -0.368 e. The topological polar surface area (TPSA) is 126 Å². The molecule has 3 aromatic rings. The molecule has 8 nitrogen and oxygen atoms in total. The quantitative estimate of drug-likeness (QED) is 0.438. The van der Waals surface area contributed by atoms with E-state index in [1.54, 1.807) is 30.5 Å². The largest absolute Gasteiger partial charge is 0.368 e. The summed E-state index contributed by atoms with van der Waals surface area (Å²) in [5, 5.41) is 8.64. The maximum atomic E-state index is 12.6. The van der Waals surface area contributed by atoms with Crippen molar-refractivity contribution in [1.82, 2.24) is 10.3 Å². The summed E-state index contributed by atoms with van der Waals surface area (Å²) >= 11 is 0. The second-order valence-electron chi connectivity index (χ2n) is 7.63. The van der Waals surface area contributed by atoms with Gasteiger partial charge in [-0.15, -0.1) is 0 Å². The minimum absolute atomic E-state index is 0.0272. The molecule has 32 heavy (non-hydrogen) atoms. The van der Waals surface area contributed by atoms with Crippen LogP contribution in [0.2, 0.25) is 0 Å². The van der Waals surface area contributed by atoms with Crippen LogP contribution >= 0.6 is 0 Å². The van der Waals surface area contributed by atoms with Gasteiger partial charge in [0.05, 0.1) is 6.54 Å². The predicted molar refractivity (Wildman–Crippen MR) is 122 cm³/mol. The molecule has 0 unspecified atom stereocenters. The Kier molecular flexibility index (Phi) is 6.12. The number of rotatable bonds is 8. The van der Waals surface area contributed by atoms with Crippen molar-refractivity contribution in [3.63, 3.8) is 0 Å². The first-order valence-corrected chi connectivity index (χ1v) is 10.3. The molecule has 1 heterocycles. The van der Waals surface area contributed by atoms with Crippen LogP contribution in [0.1, 0.15) is 23.2 Å². The number of nitrogens with two attached hydrogens (primary N) is 1. The number of nitrogens with zero attached hydrogens (tertiary/aromatic N) is 1. The number of anilines is 3. The fourth-order valence-electron chi connectivity index (χ4n) is 3.21. The normalized spacial score (nSPS) is 12.6. The molecule has 2 aromatic carbocycles. The lowest BCUT2D eigenvalue weighted by Gasteiger charge is -2.13. The van der Waals surface area contributed by atoms with Crippen LogP contribution in [0.3, 0.4) is 0 Å². The monoisotopic (exact) mass is 429 g/mol. The summed E-state index contributed by atoms with van der Waals surface area (Å²) in [6.07, 6.45) is 3.42. The Morgan fingerprint density at radius 3 is 2.44 bits per heavy atom. The molecule has 0 spiro atoms. The minimum atomic E-state index is -0.623. The van der Waals surface area contributed by atoms with Crippen molar-refractivity contribution in [1.29, 1.82) is 0 Å². The van der Waals surface area contributed by atoms with Crippen LogP contribution in [-0.2, 0) is 9.59 Å². The standard InChI is InChI=1S/C24H23N5O3/c25-21(30)14-27-23(31)18-10-17(11-20(12-18)28-19-4-2-1-3-5-19)16-8-9-26-22(13-16)29-24(32)15-6-7-15/h1-5,8-13,15,28H,6-7,14H2,(H2,25,30)(H,27,31)(H,26,29,32). The maximum Gasteiger partial charge on any atom is 0.251 e. The number of pyridine rings is 1. The summed E-state index contributed by atoms with van der Waals surface area (Å²) in [7, 11) is 0. The van der Waals surface area contributed by atoms with Gasteiger partial charge in [0, 0.05) is 29.1 Å². The summed E-state index contributed by atoms with van der Waals surface area (Å²) in [4.78, 5) is 40.0. The first-order valence-electron chi connectivity index (χ1n) is 10.3. The van der Waals surface area contributed by atoms with Crippen molar-refractivity contribution >= 4 is 34.9 Å². The number of carbonyl (C=O) groups is 3. The molecule has 1 aromatic heterocycles. The Hall–Kier alpha value is -4.20. The summed E-state index contributed by atoms with van der Waals surface area (Å²) < 4.78 is 0. The van der Waals surface area contributed by atoms with Crippen LogP contribution in [0.25, 0.3) is 11.1 Å². The highest BCUT2D eigenvalue weighted by atomic mass is 16.2. The van der Waals surface area contributed by atoms with E-state index in [9.17, 15) is 14.4 Å². The Balaban J connectivity index is 1.66. The number of benzene rings is 2. The molecular weight excluding hydrogens is 406 g/mol. The van der Waals surface area contributed by atoms with E-state index in [1.807, 2.05) is 36.4 Å². The molecule has 1 saturated carbocycles. The molecule has 0 aliphatic heterocycles. The van der Waals surface area contributed by atoms with Gasteiger partial charge in [-0.25, -0.2) is 4.98 Å². The van der Waals surface area contributed by atoms with Gasteiger partial charge in [-0.3, -0.25) is 14.4 Å². The number of hydrogen-bond acceptors (Lipinski definition) is 5. The first-order chi connectivity index (χ1) is 15.5. The van der Waals surface area contributed by atoms with Gasteiger partial charge in [0.15, 0.2) is 0 Å². The van der Waals surface area contributed by atoms with E-state index in [0.29, 0.717) is 17.1 Å². The third-order valence-corrected chi connectivity index (χ3v) is 4.97. The summed E-state index contributed by atoms with van der Waals surface area (Å²) in [5.74, 6) is -0.541. The maximum absolute atomic E-state index is 12.6. The number of carbonyl (C=O) groups excluding carboxylic acids is 3. The molecule has 0 radical (unpaired) electrons. The fraction of sp³-hybridized carbons (Fsp3) is 0.167. The third kappa shape index (κ3) is 5.48. The van der Waals surface area contributed by atoms with Gasteiger partial charge in [0.2, 0.25) is 11.8 Å². The molecule has 162 valence electrons. The SMILES string of the molecule is NC(=O)CNC(=O)c1cc(Nc2ccccc2)cc(-c2ccnc(NC(=O)C3CC3)c2)c1. The zero-order chi connectivity index (χ0) is 22.5. The van der Waals surface area contributed by atoms with Crippen LogP contribution in [0.4, 0.5) is 17.2 Å². The molecule has 5 N–H and O–H groups in total. The smallest absolute Gasteiger partial charge is 0.251 e. The summed E-state index contributed by atoms with van der Waals surface area (Å²) in [6, 6.07) is 18.5. The number of hydrogen-bond donors (Lipinski definition) is 4. The average Bonchev–Trinajstić information content (AvgIpc) is 3.64. The van der Waals surface area contributed by atoms with Gasteiger partial charge < -0.3 is 21.7 Å². The molecule has 1 fully saturated rings. The Morgan fingerprint density at radius 1 is 0.938 bits per heavy atom. The van der Waals surface area contributed by atoms with Crippen molar-refractivity contribution in [3.05, 3.63) is 72.4 Å². The zero-order valence-corrected chi connectivity index (χ0v) is 17.3. The highest BCUT2D eigenvalue weighted by molar-refractivity contribution is 5.99. The van der Waals surface area contributed by atoms with Crippen LogP contribution in [0.5, 0.6) is 0 Å². The molecule has 0 bridgehead atoms. The van der Waals surface area contributed by atoms with Gasteiger partial charge in [0.1, 0.15) is 5.82 Å². The molecule has 3 amide bonds. The number of para-hydroxylation sites is 1.